The molecule has 0 aliphatic rings. The van der Waals surface area contributed by atoms with Crippen molar-refractivity contribution in [1.29, 1.82) is 0 Å². The molecule has 2 aromatic heterocycles. The zero-order valence-corrected chi connectivity index (χ0v) is 17.5. The molecular weight excluding hydrogens is 416 g/mol. The van der Waals surface area contributed by atoms with E-state index in [1.54, 1.807) is 12.3 Å². The molecule has 28 heavy (non-hydrogen) atoms. The van der Waals surface area contributed by atoms with E-state index < -0.39 is 0 Å². The molecule has 0 amide bonds. The van der Waals surface area contributed by atoms with Gasteiger partial charge in [0.15, 0.2) is 0 Å². The highest BCUT2D eigenvalue weighted by Crippen LogP contribution is 2.19. The maximum Gasteiger partial charge on any atom is 0.282 e. The van der Waals surface area contributed by atoms with Gasteiger partial charge < -0.3 is 4.57 Å². The molecule has 5 nitrogen and oxygen atoms in total. The van der Waals surface area contributed by atoms with E-state index in [0.717, 1.165) is 33.8 Å². The summed E-state index contributed by atoms with van der Waals surface area (Å²) in [6.45, 7) is 2.12. The number of aromatic nitrogens is 3. The van der Waals surface area contributed by atoms with Crippen molar-refractivity contribution in [2.75, 3.05) is 0 Å². The van der Waals surface area contributed by atoms with Gasteiger partial charge in [0.25, 0.3) is 5.56 Å². The van der Waals surface area contributed by atoms with E-state index in [4.69, 9.17) is 4.98 Å². The van der Waals surface area contributed by atoms with E-state index in [2.05, 4.69) is 44.7 Å². The van der Waals surface area contributed by atoms with Crippen LogP contribution in [0.1, 0.15) is 31.2 Å². The van der Waals surface area contributed by atoms with Gasteiger partial charge in [0.2, 0.25) is 0 Å². The van der Waals surface area contributed by atoms with Crippen LogP contribution in [-0.4, -0.2) is 20.4 Å². The zero-order chi connectivity index (χ0) is 19.7. The molecule has 0 unspecified atom stereocenters. The third kappa shape index (κ3) is 3.40. The monoisotopic (exact) mass is 436 g/mol. The van der Waals surface area contributed by atoms with Crippen molar-refractivity contribution in [3.63, 3.8) is 0 Å². The molecular formula is C22H21BrN4O. The summed E-state index contributed by atoms with van der Waals surface area (Å²) in [5.41, 5.74) is 2.66. The first kappa shape index (κ1) is 18.6. The summed E-state index contributed by atoms with van der Waals surface area (Å²) in [7, 11) is 2.01. The molecule has 4 rings (SSSR count). The van der Waals surface area contributed by atoms with Gasteiger partial charge in [0.05, 0.1) is 17.1 Å². The number of nitrogens with zero attached hydrogens (tertiary/aromatic N) is 4. The van der Waals surface area contributed by atoms with Crippen molar-refractivity contribution in [3.8, 4) is 0 Å². The fourth-order valence-electron chi connectivity index (χ4n) is 3.41. The van der Waals surface area contributed by atoms with Crippen LogP contribution >= 0.6 is 15.9 Å². The van der Waals surface area contributed by atoms with Gasteiger partial charge in [-0.1, -0.05) is 47.5 Å². The Morgan fingerprint density at radius 1 is 1.18 bits per heavy atom. The van der Waals surface area contributed by atoms with E-state index in [0.29, 0.717) is 23.1 Å². The largest absolute Gasteiger partial charge is 0.350 e. The number of para-hydroxylation sites is 1. The molecule has 0 atom stereocenters. The van der Waals surface area contributed by atoms with Gasteiger partial charge >= 0.3 is 0 Å². The summed E-state index contributed by atoms with van der Waals surface area (Å²) in [4.78, 5) is 17.9. The fraction of sp³-hybridized carbons (Fsp3) is 0.227. The lowest BCUT2D eigenvalue weighted by molar-refractivity contribution is 0.675. The number of fused-ring (bicyclic) bond motifs is 2. The van der Waals surface area contributed by atoms with Gasteiger partial charge in [-0.25, -0.2) is 4.98 Å². The molecule has 0 saturated carbocycles. The average Bonchev–Trinajstić information content (AvgIpc) is 3.02. The topological polar surface area (TPSA) is 52.2 Å². The lowest BCUT2D eigenvalue weighted by Crippen LogP contribution is -2.22. The standard InChI is InChI=1S/C22H21BrN4O/c1-3-4-9-21-25-19-11-10-16(23)12-18(19)22(28)27(21)24-13-15-14-26(2)20-8-6-5-7-17(15)20/h5-8,10-14H,3-4,9H2,1-2H3. The fourth-order valence-corrected chi connectivity index (χ4v) is 3.77. The minimum Gasteiger partial charge on any atom is -0.350 e. The highest BCUT2D eigenvalue weighted by molar-refractivity contribution is 9.10. The summed E-state index contributed by atoms with van der Waals surface area (Å²) in [5, 5.41) is 6.23. The predicted molar refractivity (Wildman–Crippen MR) is 118 cm³/mol. The lowest BCUT2D eigenvalue weighted by atomic mass is 10.2. The number of benzene rings is 2. The van der Waals surface area contributed by atoms with Crippen LogP contribution in [0.2, 0.25) is 0 Å². The van der Waals surface area contributed by atoms with Crippen LogP contribution in [0.15, 0.2) is 63.0 Å². The van der Waals surface area contributed by atoms with Gasteiger partial charge in [-0.05, 0) is 30.7 Å². The van der Waals surface area contributed by atoms with Crippen LogP contribution in [0.5, 0.6) is 0 Å². The van der Waals surface area contributed by atoms with E-state index in [1.165, 1.54) is 4.68 Å². The van der Waals surface area contributed by atoms with Gasteiger partial charge in [-0.2, -0.15) is 9.78 Å². The second-order valence-corrected chi connectivity index (χ2v) is 7.78. The molecule has 0 saturated heterocycles. The average molecular weight is 437 g/mol. The Morgan fingerprint density at radius 3 is 2.82 bits per heavy atom. The molecule has 6 heteroatoms. The zero-order valence-electron chi connectivity index (χ0n) is 15.9. The van der Waals surface area contributed by atoms with Crippen molar-refractivity contribution >= 4 is 44.0 Å². The summed E-state index contributed by atoms with van der Waals surface area (Å²) in [5.74, 6) is 0.693. The van der Waals surface area contributed by atoms with Crippen LogP contribution in [-0.2, 0) is 13.5 Å². The van der Waals surface area contributed by atoms with Gasteiger partial charge in [0.1, 0.15) is 5.82 Å². The van der Waals surface area contributed by atoms with Gasteiger partial charge in [-0.3, -0.25) is 4.79 Å². The van der Waals surface area contributed by atoms with Crippen molar-refractivity contribution in [3.05, 3.63) is 74.9 Å². The number of aryl methyl sites for hydroxylation is 2. The van der Waals surface area contributed by atoms with Crippen LogP contribution in [0.3, 0.4) is 0 Å². The highest BCUT2D eigenvalue weighted by atomic mass is 79.9. The number of unbranched alkanes of at least 4 members (excludes halogenated alkanes) is 1. The SMILES string of the molecule is CCCCc1nc2ccc(Br)cc2c(=O)n1N=Cc1cn(C)c2ccccc12. The lowest BCUT2D eigenvalue weighted by Gasteiger charge is -2.09. The minimum atomic E-state index is -0.145. The molecule has 2 heterocycles. The number of rotatable bonds is 5. The molecule has 2 aromatic carbocycles. The van der Waals surface area contributed by atoms with Crippen LogP contribution in [0, 0.1) is 0 Å². The summed E-state index contributed by atoms with van der Waals surface area (Å²) in [6.07, 6.45) is 6.48. The van der Waals surface area contributed by atoms with Crippen LogP contribution in [0.4, 0.5) is 0 Å². The molecule has 0 N–H and O–H groups in total. The smallest absolute Gasteiger partial charge is 0.282 e. The molecule has 0 radical (unpaired) electrons. The Kier molecular flexibility index (Phi) is 5.13. The third-order valence-electron chi connectivity index (χ3n) is 4.87. The maximum absolute atomic E-state index is 13.1. The molecule has 0 spiro atoms. The van der Waals surface area contributed by atoms with E-state index in [9.17, 15) is 4.79 Å². The van der Waals surface area contributed by atoms with Crippen molar-refractivity contribution < 1.29 is 0 Å². The number of hydrogen-bond donors (Lipinski definition) is 0. The first-order valence-electron chi connectivity index (χ1n) is 9.38. The third-order valence-corrected chi connectivity index (χ3v) is 5.36. The second kappa shape index (κ2) is 7.72. The molecule has 0 aliphatic heterocycles. The molecule has 0 aliphatic carbocycles. The van der Waals surface area contributed by atoms with Crippen molar-refractivity contribution in [2.24, 2.45) is 12.1 Å². The Bertz CT molecular complexity index is 1250. The van der Waals surface area contributed by atoms with E-state index in [-0.39, 0.29) is 5.56 Å². The Morgan fingerprint density at radius 2 is 2.00 bits per heavy atom. The number of halogens is 1. The van der Waals surface area contributed by atoms with Crippen LogP contribution < -0.4 is 5.56 Å². The van der Waals surface area contributed by atoms with Gasteiger partial charge in [0, 0.05) is 40.6 Å². The molecule has 0 bridgehead atoms. The normalized spacial score (nSPS) is 11.8. The predicted octanol–water partition coefficient (Wildman–Crippen LogP) is 4.88. The first-order valence-corrected chi connectivity index (χ1v) is 10.2. The van der Waals surface area contributed by atoms with Crippen LogP contribution in [0.25, 0.3) is 21.8 Å². The quantitative estimate of drug-likeness (QED) is 0.418. The summed E-state index contributed by atoms with van der Waals surface area (Å²) < 4.78 is 4.36. The van der Waals surface area contributed by atoms with E-state index in [1.807, 2.05) is 37.5 Å². The van der Waals surface area contributed by atoms with Gasteiger partial charge in [-0.15, -0.1) is 0 Å². The summed E-state index contributed by atoms with van der Waals surface area (Å²) >= 11 is 3.44. The number of hydrogen-bond acceptors (Lipinski definition) is 3. The van der Waals surface area contributed by atoms with E-state index >= 15 is 0 Å². The molecule has 142 valence electrons. The Balaban J connectivity index is 1.87. The minimum absolute atomic E-state index is 0.145. The molecule has 4 aromatic rings. The highest BCUT2D eigenvalue weighted by Gasteiger charge is 2.11. The van der Waals surface area contributed by atoms with Crippen molar-refractivity contribution in [2.45, 2.75) is 26.2 Å². The van der Waals surface area contributed by atoms with Crippen molar-refractivity contribution in [1.82, 2.24) is 14.2 Å². The summed E-state index contributed by atoms with van der Waals surface area (Å²) in [6, 6.07) is 13.7. The molecule has 0 fully saturated rings. The maximum atomic E-state index is 13.1. The first-order chi connectivity index (χ1) is 13.6. The Labute approximate surface area is 171 Å². The Hall–Kier alpha value is -2.73. The second-order valence-electron chi connectivity index (χ2n) is 6.87.